The van der Waals surface area contributed by atoms with Gasteiger partial charge in [-0.15, -0.1) is 0 Å². The van der Waals surface area contributed by atoms with Gasteiger partial charge in [0.15, 0.2) is 0 Å². The molecule has 3 aromatic heterocycles. The summed E-state index contributed by atoms with van der Waals surface area (Å²) in [6.45, 7) is 2.23. The van der Waals surface area contributed by atoms with Crippen LogP contribution in [0.5, 0.6) is 0 Å². The number of hydrogen-bond acceptors (Lipinski definition) is 5. The predicted octanol–water partition coefficient (Wildman–Crippen LogP) is 3.44. The van der Waals surface area contributed by atoms with Crippen LogP contribution in [-0.4, -0.2) is 19.3 Å². The summed E-state index contributed by atoms with van der Waals surface area (Å²) in [5.74, 6) is 0.695. The second-order valence-corrected chi connectivity index (χ2v) is 6.19. The smallest absolute Gasteiger partial charge is 0.310 e. The molecule has 1 aliphatic rings. The van der Waals surface area contributed by atoms with E-state index >= 15 is 0 Å². The molecule has 1 aliphatic carbocycles. The van der Waals surface area contributed by atoms with Gasteiger partial charge in [-0.3, -0.25) is 15.1 Å². The van der Waals surface area contributed by atoms with Crippen molar-refractivity contribution in [2.45, 2.75) is 32.2 Å². The molecule has 24 heavy (non-hydrogen) atoms. The fraction of sp³-hybridized carbons (Fsp3) is 0.294. The standard InChI is InChI=1S/C17H17N5O2/c1-11-6-15(16(8-18-11)22(23)24)19-7-14-10-21-9-13(12-2-3-12)4-5-17(21)20-14/h4-6,8-10,12H,2-3,7H2,1H3,(H,18,19). The fourth-order valence-corrected chi connectivity index (χ4v) is 2.83. The molecule has 0 atom stereocenters. The van der Waals surface area contributed by atoms with Crippen molar-refractivity contribution in [1.82, 2.24) is 14.4 Å². The zero-order valence-corrected chi connectivity index (χ0v) is 13.3. The first-order valence-electron chi connectivity index (χ1n) is 7.92. The van der Waals surface area contributed by atoms with Gasteiger partial charge < -0.3 is 9.72 Å². The molecule has 122 valence electrons. The minimum atomic E-state index is -0.430. The van der Waals surface area contributed by atoms with Crippen molar-refractivity contribution in [3.05, 3.63) is 63.9 Å². The van der Waals surface area contributed by atoms with Gasteiger partial charge in [0.25, 0.3) is 0 Å². The summed E-state index contributed by atoms with van der Waals surface area (Å²) in [4.78, 5) is 19.2. The van der Waals surface area contributed by atoms with E-state index in [0.29, 0.717) is 18.2 Å². The lowest BCUT2D eigenvalue weighted by Gasteiger charge is -2.05. The van der Waals surface area contributed by atoms with Crippen molar-refractivity contribution in [3.63, 3.8) is 0 Å². The van der Waals surface area contributed by atoms with Crippen LogP contribution in [0.1, 0.15) is 35.7 Å². The van der Waals surface area contributed by atoms with E-state index in [9.17, 15) is 10.1 Å². The minimum Gasteiger partial charge on any atom is -0.374 e. The van der Waals surface area contributed by atoms with E-state index in [4.69, 9.17) is 0 Å². The second kappa shape index (κ2) is 5.59. The fourth-order valence-electron chi connectivity index (χ4n) is 2.83. The molecule has 1 saturated carbocycles. The summed E-state index contributed by atoms with van der Waals surface area (Å²) in [5, 5.41) is 14.2. The van der Waals surface area contributed by atoms with Gasteiger partial charge in [0, 0.05) is 18.1 Å². The molecule has 1 N–H and O–H groups in total. The van der Waals surface area contributed by atoms with Gasteiger partial charge in [-0.2, -0.15) is 0 Å². The Balaban J connectivity index is 1.56. The molecule has 0 radical (unpaired) electrons. The van der Waals surface area contributed by atoms with Crippen LogP contribution in [0.25, 0.3) is 5.65 Å². The van der Waals surface area contributed by atoms with Crippen LogP contribution in [0.15, 0.2) is 36.8 Å². The van der Waals surface area contributed by atoms with Crippen molar-refractivity contribution >= 4 is 17.0 Å². The third-order valence-electron chi connectivity index (χ3n) is 4.25. The average Bonchev–Trinajstić information content (AvgIpc) is 3.32. The first-order valence-corrected chi connectivity index (χ1v) is 7.92. The maximum absolute atomic E-state index is 11.1. The molecule has 0 unspecified atom stereocenters. The maximum atomic E-state index is 11.1. The Hall–Kier alpha value is -2.96. The number of imidazole rings is 1. The highest BCUT2D eigenvalue weighted by atomic mass is 16.6. The first kappa shape index (κ1) is 14.6. The monoisotopic (exact) mass is 323 g/mol. The quantitative estimate of drug-likeness (QED) is 0.574. The van der Waals surface area contributed by atoms with Crippen LogP contribution in [-0.2, 0) is 6.54 Å². The highest BCUT2D eigenvalue weighted by Gasteiger charge is 2.23. The maximum Gasteiger partial charge on any atom is 0.310 e. The number of aromatic nitrogens is 3. The van der Waals surface area contributed by atoms with E-state index in [-0.39, 0.29) is 5.69 Å². The molecule has 0 aliphatic heterocycles. The number of nitro groups is 1. The predicted molar refractivity (Wildman–Crippen MR) is 90.1 cm³/mol. The number of nitrogens with one attached hydrogen (secondary N) is 1. The van der Waals surface area contributed by atoms with E-state index in [1.807, 2.05) is 16.7 Å². The van der Waals surface area contributed by atoms with Crippen LogP contribution >= 0.6 is 0 Å². The SMILES string of the molecule is Cc1cc(NCc2cn3cc(C4CC4)ccc3n2)c([N+](=O)[O-])cn1. The Morgan fingerprint density at radius 3 is 2.96 bits per heavy atom. The Morgan fingerprint density at radius 2 is 2.21 bits per heavy atom. The molecule has 0 bridgehead atoms. The molecule has 3 aromatic rings. The summed E-state index contributed by atoms with van der Waals surface area (Å²) in [6.07, 6.45) is 7.90. The molecule has 1 fully saturated rings. The van der Waals surface area contributed by atoms with E-state index in [1.54, 1.807) is 13.0 Å². The zero-order chi connectivity index (χ0) is 16.7. The van der Waals surface area contributed by atoms with Gasteiger partial charge in [-0.05, 0) is 43.4 Å². The van der Waals surface area contributed by atoms with Crippen molar-refractivity contribution in [3.8, 4) is 0 Å². The zero-order valence-electron chi connectivity index (χ0n) is 13.3. The first-order chi connectivity index (χ1) is 11.6. The largest absolute Gasteiger partial charge is 0.374 e. The summed E-state index contributed by atoms with van der Waals surface area (Å²) >= 11 is 0. The third kappa shape index (κ3) is 2.80. The molecule has 0 amide bonds. The van der Waals surface area contributed by atoms with Gasteiger partial charge in [0.2, 0.25) is 0 Å². The number of pyridine rings is 2. The Kier molecular flexibility index (Phi) is 3.41. The Morgan fingerprint density at radius 1 is 1.38 bits per heavy atom. The second-order valence-electron chi connectivity index (χ2n) is 6.19. The normalized spacial score (nSPS) is 14.0. The summed E-state index contributed by atoms with van der Waals surface area (Å²) in [7, 11) is 0. The van der Waals surface area contributed by atoms with E-state index in [1.165, 1.54) is 24.6 Å². The summed E-state index contributed by atoms with van der Waals surface area (Å²) < 4.78 is 2.02. The van der Waals surface area contributed by atoms with Crippen LogP contribution in [0.4, 0.5) is 11.4 Å². The highest BCUT2D eigenvalue weighted by Crippen LogP contribution is 2.39. The molecular weight excluding hydrogens is 306 g/mol. The molecule has 0 spiro atoms. The van der Waals surface area contributed by atoms with Crippen molar-refractivity contribution in [2.24, 2.45) is 0 Å². The van der Waals surface area contributed by atoms with Crippen molar-refractivity contribution < 1.29 is 4.92 Å². The number of nitrogens with zero attached hydrogens (tertiary/aromatic N) is 4. The van der Waals surface area contributed by atoms with E-state index in [0.717, 1.165) is 17.0 Å². The van der Waals surface area contributed by atoms with Crippen LogP contribution in [0.2, 0.25) is 0 Å². The van der Waals surface area contributed by atoms with E-state index < -0.39 is 4.92 Å². The molecular formula is C17H17N5O2. The van der Waals surface area contributed by atoms with E-state index in [2.05, 4.69) is 27.5 Å². The molecule has 7 heteroatoms. The lowest BCUT2D eigenvalue weighted by Crippen LogP contribution is -2.04. The topological polar surface area (TPSA) is 85.4 Å². The van der Waals surface area contributed by atoms with Gasteiger partial charge in [0.05, 0.1) is 17.2 Å². The number of rotatable bonds is 5. The van der Waals surface area contributed by atoms with Gasteiger partial charge in [0.1, 0.15) is 17.5 Å². The number of fused-ring (bicyclic) bond motifs is 1. The third-order valence-corrected chi connectivity index (χ3v) is 4.25. The van der Waals surface area contributed by atoms with Gasteiger partial charge >= 0.3 is 5.69 Å². The number of aryl methyl sites for hydroxylation is 1. The molecule has 0 saturated heterocycles. The Labute approximate surface area is 138 Å². The average molecular weight is 323 g/mol. The number of anilines is 1. The lowest BCUT2D eigenvalue weighted by molar-refractivity contribution is -0.384. The summed E-state index contributed by atoms with van der Waals surface area (Å²) in [5.41, 5.74) is 4.24. The lowest BCUT2D eigenvalue weighted by atomic mass is 10.2. The van der Waals surface area contributed by atoms with Crippen LogP contribution < -0.4 is 5.32 Å². The van der Waals surface area contributed by atoms with Gasteiger partial charge in [-0.25, -0.2) is 4.98 Å². The van der Waals surface area contributed by atoms with Crippen molar-refractivity contribution in [1.29, 1.82) is 0 Å². The molecule has 7 nitrogen and oxygen atoms in total. The molecule has 3 heterocycles. The molecule has 0 aromatic carbocycles. The molecule has 4 rings (SSSR count). The summed E-state index contributed by atoms with van der Waals surface area (Å²) in [6, 6.07) is 5.84. The Bertz CT molecular complexity index is 930. The highest BCUT2D eigenvalue weighted by molar-refractivity contribution is 5.60. The van der Waals surface area contributed by atoms with Crippen molar-refractivity contribution in [2.75, 3.05) is 5.32 Å². The van der Waals surface area contributed by atoms with Crippen LogP contribution in [0, 0.1) is 17.0 Å². The minimum absolute atomic E-state index is 0.0274. The van der Waals surface area contributed by atoms with Gasteiger partial charge in [-0.1, -0.05) is 6.07 Å². The van der Waals surface area contributed by atoms with Crippen LogP contribution in [0.3, 0.4) is 0 Å². The number of hydrogen-bond donors (Lipinski definition) is 1.